The van der Waals surface area contributed by atoms with Gasteiger partial charge in [-0.2, -0.15) is 26.3 Å². The van der Waals surface area contributed by atoms with Gasteiger partial charge in [0.25, 0.3) is 0 Å². The molecule has 0 aromatic rings. The van der Waals surface area contributed by atoms with Gasteiger partial charge >= 0.3 is 23.1 Å². The van der Waals surface area contributed by atoms with Gasteiger partial charge in [-0.15, -0.1) is 0 Å². The van der Waals surface area contributed by atoms with Crippen molar-refractivity contribution in [3.8, 4) is 0 Å². The molecule has 13 heteroatoms. The van der Waals surface area contributed by atoms with Gasteiger partial charge in [-0.1, -0.05) is 0 Å². The first-order chi connectivity index (χ1) is 9.12. The van der Waals surface area contributed by atoms with Gasteiger partial charge < -0.3 is 5.11 Å². The summed E-state index contributed by atoms with van der Waals surface area (Å²) >= 11 is 0. The van der Waals surface area contributed by atoms with E-state index in [2.05, 4.69) is 0 Å². The fourth-order valence-corrected chi connectivity index (χ4v) is 3.04. The molecular weight excluding hydrogens is 338 g/mol. The van der Waals surface area contributed by atoms with Crippen LogP contribution in [-0.2, 0) is 24.2 Å². The molecule has 0 aliphatic heterocycles. The number of hydrogen-bond donors (Lipinski definition) is 1. The average Bonchev–Trinajstić information content (AvgIpc) is 2.26. The predicted octanol–water partition coefficient (Wildman–Crippen LogP) is 0.260. The average molecular weight is 342 g/mol. The smallest absolute Gasteiger partial charge is 0.415 e. The lowest BCUT2D eigenvalue weighted by Gasteiger charge is -2.33. The Morgan fingerprint density at radius 1 is 1.05 bits per heavy atom. The lowest BCUT2D eigenvalue weighted by molar-refractivity contribution is -0.276. The largest absolute Gasteiger partial charge is 0.477 e. The molecule has 0 spiro atoms. The minimum atomic E-state index is -6.87. The number of rotatable bonds is 5. The minimum Gasteiger partial charge on any atom is -0.477 e. The van der Waals surface area contributed by atoms with Gasteiger partial charge in [0.05, 0.1) is 6.42 Å². The second-order valence-electron chi connectivity index (χ2n) is 4.01. The molecule has 1 fully saturated rings. The Balaban J connectivity index is 3.43. The van der Waals surface area contributed by atoms with Crippen LogP contribution >= 0.6 is 0 Å². The number of sulfone groups is 1. The number of carboxylic acid groups (broad SMARTS) is 1. The lowest BCUT2D eigenvalue weighted by atomic mass is 9.96. The van der Waals surface area contributed by atoms with Crippen LogP contribution < -0.4 is 0 Å². The van der Waals surface area contributed by atoms with E-state index < -0.39 is 56.1 Å². The van der Waals surface area contributed by atoms with Gasteiger partial charge in [0, 0.05) is 0 Å². The molecule has 0 saturated heterocycles. The zero-order valence-electron chi connectivity index (χ0n) is 9.45. The highest BCUT2D eigenvalue weighted by Crippen LogP contribution is 2.50. The third-order valence-corrected chi connectivity index (χ3v) is 4.75. The van der Waals surface area contributed by atoms with E-state index in [-0.39, 0.29) is 0 Å². The zero-order valence-corrected chi connectivity index (χ0v) is 10.3. The molecule has 1 aliphatic rings. The molecule has 0 atom stereocenters. The summed E-state index contributed by atoms with van der Waals surface area (Å²) in [4.78, 5) is 31.5. The maximum atomic E-state index is 13.3. The quantitative estimate of drug-likeness (QED) is 0.568. The number of Topliss-reactive ketones (excluding diaryl/α,β-unsaturated/α-hetero) is 2. The summed E-state index contributed by atoms with van der Waals surface area (Å²) in [5.74, 6) is -20.4. The summed E-state index contributed by atoms with van der Waals surface area (Å²) in [6.07, 6.45) is -1.12. The molecule has 120 valence electrons. The van der Waals surface area contributed by atoms with Crippen LogP contribution in [0.3, 0.4) is 0 Å². The molecule has 0 bridgehead atoms. The molecule has 0 unspecified atom stereocenters. The van der Waals surface area contributed by atoms with Crippen molar-refractivity contribution in [1.29, 1.82) is 0 Å². The standard InChI is InChI=1S/C8H4F6O6S/c9-6(10,5(17)18)7(11,12)8(13,14)21(19,20)4-2(15)1-3(4)16/h4H,1H2,(H,17,18). The molecule has 0 radical (unpaired) electrons. The topological polar surface area (TPSA) is 106 Å². The third kappa shape index (κ3) is 2.01. The fourth-order valence-electron chi connectivity index (χ4n) is 1.40. The first-order valence-electron chi connectivity index (χ1n) is 4.78. The van der Waals surface area contributed by atoms with E-state index in [1.165, 1.54) is 0 Å². The first kappa shape index (κ1) is 17.4. The van der Waals surface area contributed by atoms with Crippen molar-refractivity contribution in [2.45, 2.75) is 28.8 Å². The van der Waals surface area contributed by atoms with Crippen LogP contribution in [0.15, 0.2) is 0 Å². The number of carbonyl (C=O) groups excluding carboxylic acids is 2. The van der Waals surface area contributed by atoms with Crippen LogP contribution in [0.5, 0.6) is 0 Å². The van der Waals surface area contributed by atoms with Crippen molar-refractivity contribution in [3.63, 3.8) is 0 Å². The minimum absolute atomic E-state index is 1.12. The van der Waals surface area contributed by atoms with Gasteiger partial charge in [0.15, 0.2) is 16.8 Å². The molecule has 1 rings (SSSR count). The van der Waals surface area contributed by atoms with E-state index in [0.717, 1.165) is 0 Å². The van der Waals surface area contributed by atoms with Crippen molar-refractivity contribution >= 4 is 27.4 Å². The van der Waals surface area contributed by atoms with E-state index in [0.29, 0.717) is 0 Å². The molecule has 1 aliphatic carbocycles. The molecule has 0 heterocycles. The Bertz CT molecular complexity index is 609. The molecule has 1 saturated carbocycles. The van der Waals surface area contributed by atoms with Crippen molar-refractivity contribution in [2.75, 3.05) is 0 Å². The monoisotopic (exact) mass is 342 g/mol. The van der Waals surface area contributed by atoms with Gasteiger partial charge in [-0.25, -0.2) is 13.2 Å². The normalized spacial score (nSPS) is 18.6. The third-order valence-electron chi connectivity index (χ3n) is 2.63. The number of carbonyl (C=O) groups is 3. The van der Waals surface area contributed by atoms with Crippen molar-refractivity contribution in [3.05, 3.63) is 0 Å². The first-order valence-corrected chi connectivity index (χ1v) is 6.32. The number of aliphatic carboxylic acids is 1. The summed E-state index contributed by atoms with van der Waals surface area (Å²) in [5, 5.41) is -2.02. The van der Waals surface area contributed by atoms with Gasteiger partial charge in [0.2, 0.25) is 9.84 Å². The molecule has 0 amide bonds. The van der Waals surface area contributed by atoms with Gasteiger partial charge in [0.1, 0.15) is 0 Å². The van der Waals surface area contributed by atoms with E-state index in [1.54, 1.807) is 0 Å². The highest BCUT2D eigenvalue weighted by Gasteiger charge is 2.82. The van der Waals surface area contributed by atoms with Gasteiger partial charge in [-0.3, -0.25) is 9.59 Å². The summed E-state index contributed by atoms with van der Waals surface area (Å²) < 4.78 is 100. The second-order valence-corrected chi connectivity index (χ2v) is 6.08. The number of hydrogen-bond acceptors (Lipinski definition) is 5. The highest BCUT2D eigenvalue weighted by atomic mass is 32.2. The zero-order chi connectivity index (χ0) is 17.0. The van der Waals surface area contributed by atoms with Gasteiger partial charge in [-0.05, 0) is 0 Å². The Morgan fingerprint density at radius 2 is 1.43 bits per heavy atom. The van der Waals surface area contributed by atoms with E-state index in [1.807, 2.05) is 0 Å². The van der Waals surface area contributed by atoms with E-state index in [4.69, 9.17) is 5.11 Å². The summed E-state index contributed by atoms with van der Waals surface area (Å²) in [6, 6.07) is 0. The molecule has 0 aromatic carbocycles. The number of alkyl halides is 6. The summed E-state index contributed by atoms with van der Waals surface area (Å²) in [5.41, 5.74) is 0. The van der Waals surface area contributed by atoms with E-state index >= 15 is 0 Å². The maximum absolute atomic E-state index is 13.3. The van der Waals surface area contributed by atoms with Crippen LogP contribution in [0, 0.1) is 0 Å². The van der Waals surface area contributed by atoms with Crippen LogP contribution in [0.4, 0.5) is 26.3 Å². The van der Waals surface area contributed by atoms with Crippen molar-refractivity contribution < 1.29 is 54.3 Å². The maximum Gasteiger partial charge on any atom is 0.415 e. The number of carboxylic acids is 1. The van der Waals surface area contributed by atoms with Crippen LogP contribution in [-0.4, -0.2) is 53.4 Å². The van der Waals surface area contributed by atoms with Crippen LogP contribution in [0.25, 0.3) is 0 Å². The second kappa shape index (κ2) is 4.42. The molecule has 1 N–H and O–H groups in total. The van der Waals surface area contributed by atoms with Crippen LogP contribution in [0.1, 0.15) is 6.42 Å². The fraction of sp³-hybridized carbons (Fsp3) is 0.625. The Morgan fingerprint density at radius 3 is 1.71 bits per heavy atom. The Hall–Kier alpha value is -1.66. The number of halogens is 6. The predicted molar refractivity (Wildman–Crippen MR) is 49.8 cm³/mol. The molecule has 21 heavy (non-hydrogen) atoms. The molecule has 6 nitrogen and oxygen atoms in total. The molecule has 0 aromatic heterocycles. The molecular formula is C8H4F6O6S. The number of ketones is 2. The lowest BCUT2D eigenvalue weighted by Crippen LogP contribution is -2.65. The summed E-state index contributed by atoms with van der Waals surface area (Å²) in [6.45, 7) is 0. The Labute approximate surface area is 111 Å². The highest BCUT2D eigenvalue weighted by molar-refractivity contribution is 7.94. The van der Waals surface area contributed by atoms with Crippen molar-refractivity contribution in [1.82, 2.24) is 0 Å². The SMILES string of the molecule is O=C1CC(=O)C1S(=O)(=O)C(F)(F)C(F)(F)C(F)(F)C(=O)O. The van der Waals surface area contributed by atoms with Crippen molar-refractivity contribution in [2.24, 2.45) is 0 Å². The Kier molecular flexibility index (Phi) is 3.66. The van der Waals surface area contributed by atoms with E-state index in [9.17, 15) is 49.1 Å². The van der Waals surface area contributed by atoms with Crippen LogP contribution in [0.2, 0.25) is 0 Å². The summed E-state index contributed by atoms with van der Waals surface area (Å²) in [7, 11) is -6.70.